The largest absolute Gasteiger partial charge is 0.497 e. The van der Waals surface area contributed by atoms with Gasteiger partial charge in [0.05, 0.1) is 21.3 Å². The van der Waals surface area contributed by atoms with Crippen molar-refractivity contribution in [2.45, 2.75) is 190 Å². The Kier molecular flexibility index (Phi) is 14.5. The first-order chi connectivity index (χ1) is 27.8. The Morgan fingerprint density at radius 3 is 1.23 bits per heavy atom. The van der Waals surface area contributed by atoms with Gasteiger partial charge in [-0.2, -0.15) is 0 Å². The van der Waals surface area contributed by atoms with Gasteiger partial charge >= 0.3 is 0 Å². The molecule has 0 N–H and O–H groups in total. The molecule has 0 spiro atoms. The van der Waals surface area contributed by atoms with E-state index in [2.05, 4.69) is 163 Å². The first kappa shape index (κ1) is 48.1. The lowest BCUT2D eigenvalue weighted by molar-refractivity contribution is 0.0291. The van der Waals surface area contributed by atoms with Gasteiger partial charge in [-0.3, -0.25) is 0 Å². The standard InChI is InChI=1S/C57H88O3/c1-50(2,38-54(9,10)43-29-33-56(13,34-30-43)45-19-25-48(59-15)26-20-45)37-51(3,4)41-57(46-21-27-49(60-16)28-22-46)35-31-44(32-36-57)55(11,12)40-52(5,6)39-53(7,8)42-17-23-47(58-14)24-18-42/h17-28,43-44H,29-41H2,1-16H3. The van der Waals surface area contributed by atoms with Gasteiger partial charge in [0.2, 0.25) is 0 Å². The molecule has 3 aromatic carbocycles. The highest BCUT2D eigenvalue weighted by molar-refractivity contribution is 5.35. The smallest absolute Gasteiger partial charge is 0.118 e. The summed E-state index contributed by atoms with van der Waals surface area (Å²) in [6, 6.07) is 26.9. The average molecular weight is 821 g/mol. The van der Waals surface area contributed by atoms with E-state index in [1.54, 1.807) is 21.3 Å². The summed E-state index contributed by atoms with van der Waals surface area (Å²) in [6.07, 6.45) is 16.4. The van der Waals surface area contributed by atoms with Crippen LogP contribution >= 0.6 is 0 Å². The molecule has 3 aromatic rings. The lowest BCUT2D eigenvalue weighted by Crippen LogP contribution is -2.42. The molecule has 2 aliphatic rings. The van der Waals surface area contributed by atoms with Gasteiger partial charge in [0.25, 0.3) is 0 Å². The molecule has 0 bridgehead atoms. The third-order valence-electron chi connectivity index (χ3n) is 16.2. The van der Waals surface area contributed by atoms with Crippen LogP contribution in [0.2, 0.25) is 0 Å². The van der Waals surface area contributed by atoms with Gasteiger partial charge in [-0.25, -0.2) is 0 Å². The predicted octanol–water partition coefficient (Wildman–Crippen LogP) is 16.3. The third kappa shape index (κ3) is 11.7. The predicted molar refractivity (Wildman–Crippen MR) is 257 cm³/mol. The van der Waals surface area contributed by atoms with Gasteiger partial charge < -0.3 is 14.2 Å². The Labute approximate surface area is 369 Å². The van der Waals surface area contributed by atoms with Crippen molar-refractivity contribution in [1.82, 2.24) is 0 Å². The second-order valence-electron chi connectivity index (χ2n) is 24.8. The van der Waals surface area contributed by atoms with E-state index in [4.69, 9.17) is 14.2 Å². The Morgan fingerprint density at radius 2 is 0.817 bits per heavy atom. The Hall–Kier alpha value is -2.94. The Morgan fingerprint density at radius 1 is 0.450 bits per heavy atom. The number of benzene rings is 3. The molecular formula is C57H88O3. The molecule has 0 aliphatic heterocycles. The lowest BCUT2D eigenvalue weighted by Gasteiger charge is -2.51. The van der Waals surface area contributed by atoms with E-state index in [9.17, 15) is 0 Å². The SMILES string of the molecule is COc1ccc(C(C)(C)CC(C)(C)CC(C)(C)C2CCC(CC(C)(C)CC(C)(C)CC(C)(C)C3CCC(C)(c4ccc(OC)cc4)CC3)(c3ccc(OC)cc3)CC2)cc1. The van der Waals surface area contributed by atoms with Crippen LogP contribution in [0.4, 0.5) is 0 Å². The van der Waals surface area contributed by atoms with Crippen LogP contribution < -0.4 is 14.2 Å². The monoisotopic (exact) mass is 821 g/mol. The minimum absolute atomic E-state index is 0.0895. The summed E-state index contributed by atoms with van der Waals surface area (Å²) in [6.45, 7) is 33.1. The molecule has 0 radical (unpaired) electrons. The van der Waals surface area contributed by atoms with E-state index in [0.29, 0.717) is 5.41 Å². The second-order valence-corrected chi connectivity index (χ2v) is 24.8. The van der Waals surface area contributed by atoms with Crippen LogP contribution in [0.25, 0.3) is 0 Å². The summed E-state index contributed by atoms with van der Waals surface area (Å²) in [7, 11) is 5.30. The molecule has 60 heavy (non-hydrogen) atoms. The maximum absolute atomic E-state index is 5.67. The fourth-order valence-corrected chi connectivity index (χ4v) is 14.3. The Balaban J connectivity index is 1.26. The van der Waals surface area contributed by atoms with E-state index >= 15 is 0 Å². The molecular weight excluding hydrogens is 733 g/mol. The summed E-state index contributed by atoms with van der Waals surface area (Å²) >= 11 is 0. The number of methoxy groups -OCH3 is 3. The van der Waals surface area contributed by atoms with Gasteiger partial charge in [-0.15, -0.1) is 0 Å². The molecule has 334 valence electrons. The van der Waals surface area contributed by atoms with Gasteiger partial charge in [-0.1, -0.05) is 126 Å². The van der Waals surface area contributed by atoms with E-state index in [0.717, 1.165) is 35.5 Å². The summed E-state index contributed by atoms with van der Waals surface area (Å²) in [5, 5.41) is 0. The summed E-state index contributed by atoms with van der Waals surface area (Å²) in [5.74, 6) is 4.31. The van der Waals surface area contributed by atoms with Crippen LogP contribution in [-0.2, 0) is 16.2 Å². The van der Waals surface area contributed by atoms with Crippen LogP contribution in [0.15, 0.2) is 72.8 Å². The topological polar surface area (TPSA) is 27.7 Å². The van der Waals surface area contributed by atoms with E-state index < -0.39 is 0 Å². The molecule has 3 nitrogen and oxygen atoms in total. The van der Waals surface area contributed by atoms with Crippen LogP contribution in [-0.4, -0.2) is 21.3 Å². The van der Waals surface area contributed by atoms with Crippen LogP contribution in [0.3, 0.4) is 0 Å². The first-order valence-electron chi connectivity index (χ1n) is 23.7. The van der Waals surface area contributed by atoms with Crippen LogP contribution in [0.5, 0.6) is 17.2 Å². The quantitative estimate of drug-likeness (QED) is 0.128. The maximum atomic E-state index is 5.67. The highest BCUT2D eigenvalue weighted by Gasteiger charge is 2.48. The van der Waals surface area contributed by atoms with Crippen molar-refractivity contribution in [3.63, 3.8) is 0 Å². The van der Waals surface area contributed by atoms with E-state index in [-0.39, 0.29) is 37.9 Å². The van der Waals surface area contributed by atoms with Crippen molar-refractivity contribution < 1.29 is 14.2 Å². The minimum atomic E-state index is 0.0895. The van der Waals surface area contributed by atoms with Crippen LogP contribution in [0, 0.1) is 38.9 Å². The van der Waals surface area contributed by atoms with Crippen LogP contribution in [0.1, 0.15) is 190 Å². The van der Waals surface area contributed by atoms with Crippen molar-refractivity contribution >= 4 is 0 Å². The summed E-state index contributed by atoms with van der Waals surface area (Å²) in [5.41, 5.74) is 6.14. The highest BCUT2D eigenvalue weighted by atomic mass is 16.5. The molecule has 0 heterocycles. The number of ether oxygens (including phenoxy) is 3. The molecule has 0 unspecified atom stereocenters. The minimum Gasteiger partial charge on any atom is -0.497 e. The number of hydrogen-bond acceptors (Lipinski definition) is 3. The molecule has 2 saturated carbocycles. The summed E-state index contributed by atoms with van der Waals surface area (Å²) in [4.78, 5) is 0. The second kappa shape index (κ2) is 18.0. The van der Waals surface area contributed by atoms with Gasteiger partial charge in [-0.05, 0) is 192 Å². The fourth-order valence-electron chi connectivity index (χ4n) is 14.3. The molecule has 2 fully saturated rings. The highest BCUT2D eigenvalue weighted by Crippen LogP contribution is 2.58. The maximum Gasteiger partial charge on any atom is 0.118 e. The van der Waals surface area contributed by atoms with E-state index in [1.807, 2.05) is 0 Å². The lowest BCUT2D eigenvalue weighted by atomic mass is 9.53. The van der Waals surface area contributed by atoms with Gasteiger partial charge in [0.1, 0.15) is 17.2 Å². The normalized spacial score (nSPS) is 23.6. The van der Waals surface area contributed by atoms with Crippen molar-refractivity contribution in [3.8, 4) is 17.2 Å². The van der Waals surface area contributed by atoms with Gasteiger partial charge in [0, 0.05) is 0 Å². The van der Waals surface area contributed by atoms with E-state index in [1.165, 1.54) is 93.7 Å². The third-order valence-corrected chi connectivity index (χ3v) is 16.2. The molecule has 0 atom stereocenters. The first-order valence-corrected chi connectivity index (χ1v) is 23.7. The molecule has 2 aliphatic carbocycles. The van der Waals surface area contributed by atoms with Crippen molar-refractivity contribution in [2.75, 3.05) is 21.3 Å². The average Bonchev–Trinajstić information content (AvgIpc) is 3.16. The molecule has 0 saturated heterocycles. The molecule has 0 amide bonds. The Bertz CT molecular complexity index is 1790. The van der Waals surface area contributed by atoms with Crippen molar-refractivity contribution in [1.29, 1.82) is 0 Å². The molecule has 5 rings (SSSR count). The summed E-state index contributed by atoms with van der Waals surface area (Å²) < 4.78 is 16.6. The molecule has 0 aromatic heterocycles. The zero-order chi connectivity index (χ0) is 44.4. The number of rotatable bonds is 18. The zero-order valence-corrected chi connectivity index (χ0v) is 41.5. The number of hydrogen-bond donors (Lipinski definition) is 0. The zero-order valence-electron chi connectivity index (χ0n) is 41.5. The fraction of sp³-hybridized carbons (Fsp3) is 0.684. The molecule has 3 heteroatoms. The van der Waals surface area contributed by atoms with Crippen molar-refractivity contribution in [2.24, 2.45) is 38.9 Å². The van der Waals surface area contributed by atoms with Crippen molar-refractivity contribution in [3.05, 3.63) is 89.5 Å². The van der Waals surface area contributed by atoms with Gasteiger partial charge in [0.15, 0.2) is 0 Å².